The summed E-state index contributed by atoms with van der Waals surface area (Å²) >= 11 is 1.49. The van der Waals surface area contributed by atoms with E-state index in [2.05, 4.69) is 4.90 Å². The van der Waals surface area contributed by atoms with Crippen molar-refractivity contribution in [3.8, 4) is 39.2 Å². The first-order chi connectivity index (χ1) is 19.6. The number of nitrogens with zero attached hydrogens (tertiary/aromatic N) is 1. The molecule has 0 atom stereocenters. The first-order valence-corrected chi connectivity index (χ1v) is 14.3. The highest BCUT2D eigenvalue weighted by molar-refractivity contribution is 7.23. The first-order valence-electron chi connectivity index (χ1n) is 13.5. The normalized spacial score (nSPS) is 13.7. The number of ketones is 1. The van der Waals surface area contributed by atoms with Crippen molar-refractivity contribution in [2.24, 2.45) is 0 Å². The van der Waals surface area contributed by atoms with E-state index in [1.165, 1.54) is 30.6 Å². The van der Waals surface area contributed by atoms with Crippen LogP contribution in [-0.4, -0.2) is 65.4 Å². The summed E-state index contributed by atoms with van der Waals surface area (Å²) in [6.07, 6.45) is 3.84. The molecule has 0 N–H and O–H groups in total. The van der Waals surface area contributed by atoms with Crippen molar-refractivity contribution in [3.05, 3.63) is 65.7 Å². The van der Waals surface area contributed by atoms with E-state index >= 15 is 0 Å². The average Bonchev–Trinajstić information content (AvgIpc) is 3.39. The van der Waals surface area contributed by atoms with Gasteiger partial charge >= 0.3 is 0 Å². The molecule has 40 heavy (non-hydrogen) atoms. The summed E-state index contributed by atoms with van der Waals surface area (Å²) in [7, 11) is 6.38. The SMILES string of the molecule is COc1ccc(-c2sc3c(OC)c(OC)c(OC)cc3c2C(=O)c2ccc(OCCN3CCCCC3)cc2)cc1. The maximum atomic E-state index is 14.1. The second-order valence-corrected chi connectivity index (χ2v) is 10.7. The Morgan fingerprint density at radius 2 is 1.48 bits per heavy atom. The third-order valence-corrected chi connectivity index (χ3v) is 8.56. The van der Waals surface area contributed by atoms with E-state index < -0.39 is 0 Å². The first kappa shape index (κ1) is 27.8. The van der Waals surface area contributed by atoms with E-state index in [-0.39, 0.29) is 5.78 Å². The number of piperidine rings is 1. The Morgan fingerprint density at radius 3 is 2.10 bits per heavy atom. The van der Waals surface area contributed by atoms with E-state index in [1.54, 1.807) is 28.4 Å². The van der Waals surface area contributed by atoms with Crippen molar-refractivity contribution < 1.29 is 28.5 Å². The Bertz CT molecular complexity index is 1460. The summed E-state index contributed by atoms with van der Waals surface area (Å²) in [6.45, 7) is 3.83. The number of rotatable bonds is 11. The Labute approximate surface area is 239 Å². The Balaban J connectivity index is 1.51. The van der Waals surface area contributed by atoms with Gasteiger partial charge in [-0.05, 0) is 86.1 Å². The molecule has 7 nitrogen and oxygen atoms in total. The Kier molecular flexibility index (Phi) is 8.77. The van der Waals surface area contributed by atoms with Gasteiger partial charge in [-0.1, -0.05) is 6.42 Å². The lowest BCUT2D eigenvalue weighted by atomic mass is 9.97. The molecule has 4 aromatic rings. The molecule has 1 aromatic heterocycles. The monoisotopic (exact) mass is 561 g/mol. The fourth-order valence-electron chi connectivity index (χ4n) is 5.19. The maximum Gasteiger partial charge on any atom is 0.204 e. The van der Waals surface area contributed by atoms with Gasteiger partial charge in [-0.25, -0.2) is 0 Å². The molecule has 0 unspecified atom stereocenters. The lowest BCUT2D eigenvalue weighted by molar-refractivity contribution is 0.104. The fourth-order valence-corrected chi connectivity index (χ4v) is 6.49. The molecule has 1 fully saturated rings. The summed E-state index contributed by atoms with van der Waals surface area (Å²) in [4.78, 5) is 17.4. The van der Waals surface area contributed by atoms with Crippen molar-refractivity contribution in [2.75, 3.05) is 54.7 Å². The summed E-state index contributed by atoms with van der Waals surface area (Å²) in [6, 6.07) is 17.0. The number of carbonyl (C=O) groups excluding carboxylic acids is 1. The van der Waals surface area contributed by atoms with Crippen molar-refractivity contribution in [1.82, 2.24) is 4.90 Å². The van der Waals surface area contributed by atoms with Gasteiger partial charge in [-0.3, -0.25) is 9.69 Å². The molecular weight excluding hydrogens is 526 g/mol. The lowest BCUT2D eigenvalue weighted by Gasteiger charge is -2.26. The number of likely N-dealkylation sites (tertiary alicyclic amines) is 1. The van der Waals surface area contributed by atoms with Crippen LogP contribution in [0.25, 0.3) is 20.5 Å². The maximum absolute atomic E-state index is 14.1. The molecule has 3 aromatic carbocycles. The zero-order valence-electron chi connectivity index (χ0n) is 23.5. The number of carbonyl (C=O) groups is 1. The minimum absolute atomic E-state index is 0.0915. The van der Waals surface area contributed by atoms with Gasteiger partial charge in [0.1, 0.15) is 18.1 Å². The van der Waals surface area contributed by atoms with E-state index in [9.17, 15) is 4.79 Å². The van der Waals surface area contributed by atoms with Crippen molar-refractivity contribution in [1.29, 1.82) is 0 Å². The van der Waals surface area contributed by atoms with Crippen LogP contribution in [0.5, 0.6) is 28.7 Å². The molecular formula is C32H35NO6S. The average molecular weight is 562 g/mol. The van der Waals surface area contributed by atoms with Crippen LogP contribution in [0.4, 0.5) is 0 Å². The number of ether oxygens (including phenoxy) is 5. The molecule has 1 aliphatic rings. The molecule has 0 aliphatic carbocycles. The molecule has 5 rings (SSSR count). The molecule has 0 spiro atoms. The van der Waals surface area contributed by atoms with Crippen LogP contribution < -0.4 is 23.7 Å². The molecule has 1 saturated heterocycles. The van der Waals surface area contributed by atoms with E-state index in [4.69, 9.17) is 23.7 Å². The van der Waals surface area contributed by atoms with Gasteiger partial charge in [0.05, 0.1) is 33.1 Å². The molecule has 0 amide bonds. The summed E-state index contributed by atoms with van der Waals surface area (Å²) < 4.78 is 29.2. The number of benzene rings is 3. The lowest BCUT2D eigenvalue weighted by Crippen LogP contribution is -2.33. The highest BCUT2D eigenvalue weighted by Crippen LogP contribution is 2.51. The number of fused-ring (bicyclic) bond motifs is 1. The van der Waals surface area contributed by atoms with Gasteiger partial charge in [0, 0.05) is 27.9 Å². The van der Waals surface area contributed by atoms with Crippen LogP contribution in [0.15, 0.2) is 54.6 Å². The van der Waals surface area contributed by atoms with Crippen LogP contribution in [0.1, 0.15) is 35.2 Å². The van der Waals surface area contributed by atoms with Gasteiger partial charge in [0.2, 0.25) is 5.75 Å². The molecule has 210 valence electrons. The predicted molar refractivity (Wildman–Crippen MR) is 159 cm³/mol. The van der Waals surface area contributed by atoms with Gasteiger partial charge in [0.25, 0.3) is 0 Å². The van der Waals surface area contributed by atoms with Crippen LogP contribution in [0, 0.1) is 0 Å². The molecule has 1 aliphatic heterocycles. The smallest absolute Gasteiger partial charge is 0.204 e. The third kappa shape index (κ3) is 5.60. The molecule has 0 radical (unpaired) electrons. The summed E-state index contributed by atoms with van der Waals surface area (Å²) in [5.74, 6) is 2.93. The van der Waals surface area contributed by atoms with Crippen LogP contribution in [-0.2, 0) is 0 Å². The molecule has 2 heterocycles. The second-order valence-electron chi connectivity index (χ2n) is 9.66. The number of hydrogen-bond donors (Lipinski definition) is 0. The van der Waals surface area contributed by atoms with E-state index in [1.807, 2.05) is 54.6 Å². The van der Waals surface area contributed by atoms with Crippen molar-refractivity contribution in [2.45, 2.75) is 19.3 Å². The van der Waals surface area contributed by atoms with Crippen LogP contribution >= 0.6 is 11.3 Å². The molecule has 8 heteroatoms. The molecule has 0 bridgehead atoms. The molecule has 0 saturated carbocycles. The fraction of sp³-hybridized carbons (Fsp3) is 0.344. The topological polar surface area (TPSA) is 66.5 Å². The Hall–Kier alpha value is -3.75. The summed E-state index contributed by atoms with van der Waals surface area (Å²) in [5, 5.41) is 0.747. The van der Waals surface area contributed by atoms with Gasteiger partial charge in [-0.15, -0.1) is 11.3 Å². The van der Waals surface area contributed by atoms with E-state index in [0.29, 0.717) is 35.0 Å². The van der Waals surface area contributed by atoms with Crippen molar-refractivity contribution >= 4 is 27.2 Å². The van der Waals surface area contributed by atoms with Crippen molar-refractivity contribution in [3.63, 3.8) is 0 Å². The number of methoxy groups -OCH3 is 4. The number of thiophene rings is 1. The largest absolute Gasteiger partial charge is 0.497 e. The zero-order valence-corrected chi connectivity index (χ0v) is 24.3. The van der Waals surface area contributed by atoms with E-state index in [0.717, 1.165) is 51.7 Å². The quantitative estimate of drug-likeness (QED) is 0.189. The predicted octanol–water partition coefficient (Wildman–Crippen LogP) is 6.70. The van der Waals surface area contributed by atoms with Gasteiger partial charge < -0.3 is 23.7 Å². The highest BCUT2D eigenvalue weighted by Gasteiger charge is 2.27. The Morgan fingerprint density at radius 1 is 0.800 bits per heavy atom. The second kappa shape index (κ2) is 12.6. The third-order valence-electron chi connectivity index (χ3n) is 7.31. The zero-order chi connectivity index (χ0) is 28.1. The standard InChI is InChI=1S/C32H35NO6S/c1-35-23-12-10-22(11-13-23)31-27(25-20-26(36-2)29(37-3)30(38-4)32(25)40-31)28(34)21-8-14-24(15-9-21)39-19-18-33-16-6-5-7-17-33/h8-15,20H,5-7,16-19H2,1-4H3. The minimum atomic E-state index is -0.0915. The number of hydrogen-bond acceptors (Lipinski definition) is 8. The minimum Gasteiger partial charge on any atom is -0.497 e. The van der Waals surface area contributed by atoms with Crippen LogP contribution in [0.2, 0.25) is 0 Å². The van der Waals surface area contributed by atoms with Crippen LogP contribution in [0.3, 0.4) is 0 Å². The summed E-state index contributed by atoms with van der Waals surface area (Å²) in [5.41, 5.74) is 2.07. The van der Waals surface area contributed by atoms with Gasteiger partial charge in [-0.2, -0.15) is 0 Å². The highest BCUT2D eigenvalue weighted by atomic mass is 32.1. The van der Waals surface area contributed by atoms with Gasteiger partial charge in [0.15, 0.2) is 17.3 Å².